The fourth-order valence-corrected chi connectivity index (χ4v) is 2.60. The predicted octanol–water partition coefficient (Wildman–Crippen LogP) is 3.22. The van der Waals surface area contributed by atoms with Crippen LogP contribution in [0.4, 0.5) is 0 Å². The number of thiophene rings is 1. The highest BCUT2D eigenvalue weighted by Crippen LogP contribution is 2.33. The van der Waals surface area contributed by atoms with E-state index in [1.165, 1.54) is 0 Å². The zero-order valence-corrected chi connectivity index (χ0v) is 11.3. The molecule has 2 rings (SSSR count). The first-order chi connectivity index (χ1) is 8.72. The van der Waals surface area contributed by atoms with Crippen molar-refractivity contribution < 1.29 is 9.47 Å². The fourth-order valence-electron chi connectivity index (χ4n) is 1.73. The van der Waals surface area contributed by atoms with Crippen molar-refractivity contribution in [2.75, 3.05) is 7.11 Å². The van der Waals surface area contributed by atoms with Crippen LogP contribution in [0.3, 0.4) is 0 Å². The van der Waals surface area contributed by atoms with Crippen LogP contribution in [0.15, 0.2) is 41.8 Å². The number of rotatable bonds is 5. The van der Waals surface area contributed by atoms with Gasteiger partial charge in [-0.15, -0.1) is 11.3 Å². The third-order valence-corrected chi connectivity index (χ3v) is 3.56. The van der Waals surface area contributed by atoms with E-state index in [1.54, 1.807) is 18.4 Å². The van der Waals surface area contributed by atoms with Crippen LogP contribution in [-0.4, -0.2) is 13.2 Å². The Morgan fingerprint density at radius 1 is 1.11 bits per heavy atom. The maximum Gasteiger partial charge on any atom is 0.162 e. The average Bonchev–Trinajstić information content (AvgIpc) is 2.89. The molecule has 0 amide bonds. The van der Waals surface area contributed by atoms with Crippen LogP contribution in [0.2, 0.25) is 0 Å². The molecule has 0 bridgehead atoms. The van der Waals surface area contributed by atoms with Gasteiger partial charge in [0, 0.05) is 10.9 Å². The van der Waals surface area contributed by atoms with Crippen LogP contribution in [0, 0.1) is 0 Å². The lowest BCUT2D eigenvalue weighted by Gasteiger charge is -2.22. The predicted molar refractivity (Wildman–Crippen MR) is 74.3 cm³/mol. The van der Waals surface area contributed by atoms with Gasteiger partial charge < -0.3 is 15.2 Å². The van der Waals surface area contributed by atoms with Crippen LogP contribution in [0.25, 0.3) is 0 Å². The van der Waals surface area contributed by atoms with Gasteiger partial charge >= 0.3 is 0 Å². The van der Waals surface area contributed by atoms with E-state index >= 15 is 0 Å². The highest BCUT2D eigenvalue weighted by Gasteiger charge is 2.20. The van der Waals surface area contributed by atoms with Crippen molar-refractivity contribution in [2.24, 2.45) is 5.73 Å². The number of hydrogen-bond acceptors (Lipinski definition) is 4. The van der Waals surface area contributed by atoms with Crippen LogP contribution in [-0.2, 0) is 0 Å². The Kier molecular flexibility index (Phi) is 4.23. The van der Waals surface area contributed by atoms with Crippen molar-refractivity contribution in [1.82, 2.24) is 0 Å². The Morgan fingerprint density at radius 3 is 2.39 bits per heavy atom. The molecule has 0 aliphatic heterocycles. The molecule has 96 valence electrons. The topological polar surface area (TPSA) is 44.5 Å². The zero-order chi connectivity index (χ0) is 13.0. The molecule has 2 N–H and O–H groups in total. The van der Waals surface area contributed by atoms with Gasteiger partial charge in [0.15, 0.2) is 11.5 Å². The number of hydrogen-bond donors (Lipinski definition) is 1. The van der Waals surface area contributed by atoms with Crippen molar-refractivity contribution in [1.29, 1.82) is 0 Å². The van der Waals surface area contributed by atoms with Gasteiger partial charge in [-0.3, -0.25) is 0 Å². The van der Waals surface area contributed by atoms with E-state index in [0.29, 0.717) is 0 Å². The lowest BCUT2D eigenvalue weighted by Crippen LogP contribution is -2.28. The third kappa shape index (κ3) is 2.83. The van der Waals surface area contributed by atoms with E-state index in [-0.39, 0.29) is 12.1 Å². The van der Waals surface area contributed by atoms with E-state index in [0.717, 1.165) is 16.4 Å². The minimum absolute atomic E-state index is 0.0893. The van der Waals surface area contributed by atoms with E-state index < -0.39 is 0 Å². The highest BCUT2D eigenvalue weighted by atomic mass is 32.1. The summed E-state index contributed by atoms with van der Waals surface area (Å²) in [6, 6.07) is 11.6. The number of methoxy groups -OCH3 is 1. The summed E-state index contributed by atoms with van der Waals surface area (Å²) >= 11 is 1.65. The largest absolute Gasteiger partial charge is 0.493 e. The molecule has 1 heterocycles. The lowest BCUT2D eigenvalue weighted by molar-refractivity contribution is 0.176. The van der Waals surface area contributed by atoms with Gasteiger partial charge in [-0.05, 0) is 30.5 Å². The molecular formula is C14H17NO2S. The molecule has 2 aromatic rings. The quantitative estimate of drug-likeness (QED) is 0.900. The summed E-state index contributed by atoms with van der Waals surface area (Å²) in [5, 5.41) is 2.02. The minimum atomic E-state index is -0.152. The average molecular weight is 263 g/mol. The van der Waals surface area contributed by atoms with E-state index in [9.17, 15) is 0 Å². The Hall–Kier alpha value is -1.52. The number of benzene rings is 1. The molecule has 3 nitrogen and oxygen atoms in total. The van der Waals surface area contributed by atoms with Gasteiger partial charge in [-0.25, -0.2) is 0 Å². The summed E-state index contributed by atoms with van der Waals surface area (Å²) in [5.41, 5.74) is 6.01. The molecule has 1 aromatic carbocycles. The first-order valence-electron chi connectivity index (χ1n) is 5.81. The van der Waals surface area contributed by atoms with Gasteiger partial charge in [0.2, 0.25) is 0 Å². The molecule has 0 spiro atoms. The molecule has 0 saturated heterocycles. The molecule has 18 heavy (non-hydrogen) atoms. The highest BCUT2D eigenvalue weighted by molar-refractivity contribution is 7.10. The van der Waals surface area contributed by atoms with Crippen molar-refractivity contribution >= 4 is 11.3 Å². The van der Waals surface area contributed by atoms with Crippen LogP contribution >= 0.6 is 11.3 Å². The Bertz CT molecular complexity index is 482. The monoisotopic (exact) mass is 263 g/mol. The Balaban J connectivity index is 2.24. The Labute approximate surface area is 111 Å². The molecule has 0 aliphatic carbocycles. The van der Waals surface area contributed by atoms with Gasteiger partial charge in [0.05, 0.1) is 7.11 Å². The van der Waals surface area contributed by atoms with E-state index in [1.807, 2.05) is 48.7 Å². The molecule has 1 aromatic heterocycles. The molecule has 0 fully saturated rings. The summed E-state index contributed by atoms with van der Waals surface area (Å²) < 4.78 is 11.3. The van der Waals surface area contributed by atoms with Crippen molar-refractivity contribution in [3.8, 4) is 11.5 Å². The first kappa shape index (κ1) is 12.9. The third-order valence-electron chi connectivity index (χ3n) is 2.62. The SMILES string of the molecule is COc1ccccc1OC(c1cccs1)C(C)N. The first-order valence-corrected chi connectivity index (χ1v) is 6.69. The van der Waals surface area contributed by atoms with E-state index in [4.69, 9.17) is 15.2 Å². The smallest absolute Gasteiger partial charge is 0.162 e. The lowest BCUT2D eigenvalue weighted by atomic mass is 10.1. The van der Waals surface area contributed by atoms with Crippen molar-refractivity contribution in [3.63, 3.8) is 0 Å². The molecule has 4 heteroatoms. The number of para-hydroxylation sites is 2. The Morgan fingerprint density at radius 2 is 1.83 bits per heavy atom. The van der Waals surface area contributed by atoms with Crippen LogP contribution in [0.5, 0.6) is 11.5 Å². The van der Waals surface area contributed by atoms with Crippen molar-refractivity contribution in [3.05, 3.63) is 46.7 Å². The van der Waals surface area contributed by atoms with Gasteiger partial charge in [0.25, 0.3) is 0 Å². The summed E-state index contributed by atoms with van der Waals surface area (Å²) in [6.07, 6.45) is -0.152. The maximum atomic E-state index is 6.01. The van der Waals surface area contributed by atoms with E-state index in [2.05, 4.69) is 0 Å². The summed E-state index contributed by atoms with van der Waals surface area (Å²) in [4.78, 5) is 1.12. The second-order valence-corrected chi connectivity index (χ2v) is 5.04. The van der Waals surface area contributed by atoms with Gasteiger partial charge in [0.1, 0.15) is 6.10 Å². The van der Waals surface area contributed by atoms with Crippen LogP contribution < -0.4 is 15.2 Å². The second-order valence-electron chi connectivity index (χ2n) is 4.06. The maximum absolute atomic E-state index is 6.01. The number of ether oxygens (including phenoxy) is 2. The molecule has 2 unspecified atom stereocenters. The fraction of sp³-hybridized carbons (Fsp3) is 0.286. The van der Waals surface area contributed by atoms with Gasteiger partial charge in [-0.1, -0.05) is 18.2 Å². The molecule has 0 saturated carbocycles. The summed E-state index contributed by atoms with van der Waals surface area (Å²) in [6.45, 7) is 1.94. The van der Waals surface area contributed by atoms with Gasteiger partial charge in [-0.2, -0.15) is 0 Å². The normalized spacial score (nSPS) is 13.9. The molecule has 0 aliphatic rings. The minimum Gasteiger partial charge on any atom is -0.493 e. The molecular weight excluding hydrogens is 246 g/mol. The standard InChI is InChI=1S/C14H17NO2S/c1-10(15)14(13-8-5-9-18-13)17-12-7-4-3-6-11(12)16-2/h3-10,14H,15H2,1-2H3. The zero-order valence-electron chi connectivity index (χ0n) is 10.5. The molecule has 2 atom stereocenters. The molecule has 0 radical (unpaired) electrons. The van der Waals surface area contributed by atoms with Crippen molar-refractivity contribution in [2.45, 2.75) is 19.1 Å². The summed E-state index contributed by atoms with van der Waals surface area (Å²) in [5.74, 6) is 1.44. The number of nitrogens with two attached hydrogens (primary N) is 1. The second kappa shape index (κ2) is 5.89. The summed E-state index contributed by atoms with van der Waals surface area (Å²) in [7, 11) is 1.63. The van der Waals surface area contributed by atoms with Crippen LogP contribution in [0.1, 0.15) is 17.9 Å².